The van der Waals surface area contributed by atoms with Gasteiger partial charge in [0.2, 0.25) is 5.91 Å². The quantitative estimate of drug-likeness (QED) is 0.697. The highest BCUT2D eigenvalue weighted by Gasteiger charge is 2.59. The normalized spacial score (nSPS) is 37.2. The van der Waals surface area contributed by atoms with Crippen LogP contribution in [-0.4, -0.2) is 41.4 Å². The third kappa shape index (κ3) is 3.66. The second kappa shape index (κ2) is 7.41. The van der Waals surface area contributed by atoms with Gasteiger partial charge < -0.3 is 10.1 Å². The van der Waals surface area contributed by atoms with Crippen molar-refractivity contribution >= 4 is 21.8 Å². The van der Waals surface area contributed by atoms with E-state index in [1.54, 1.807) is 0 Å². The summed E-state index contributed by atoms with van der Waals surface area (Å²) in [5.74, 6) is 1.77. The van der Waals surface area contributed by atoms with Crippen LogP contribution in [0.4, 0.5) is 0 Å². The average Bonchev–Trinajstić information content (AvgIpc) is 2.66. The Bertz CT molecular complexity index is 732. The zero-order valence-electron chi connectivity index (χ0n) is 16.6. The van der Waals surface area contributed by atoms with E-state index < -0.39 is 0 Å². The van der Waals surface area contributed by atoms with Crippen LogP contribution in [0.2, 0.25) is 0 Å². The molecule has 28 heavy (non-hydrogen) atoms. The summed E-state index contributed by atoms with van der Waals surface area (Å²) >= 11 is 4.03. The van der Waals surface area contributed by atoms with Gasteiger partial charge in [-0.1, -0.05) is 40.2 Å². The number of ether oxygens (including phenoxy) is 1. The van der Waals surface area contributed by atoms with Crippen LogP contribution in [0.1, 0.15) is 49.7 Å². The molecule has 4 aliphatic carbocycles. The highest BCUT2D eigenvalue weighted by Crippen LogP contribution is 2.64. The molecule has 1 aromatic rings. The molecule has 1 aliphatic heterocycles. The predicted octanol–water partition coefficient (Wildman–Crippen LogP) is 3.87. The van der Waals surface area contributed by atoms with E-state index in [-0.39, 0.29) is 9.74 Å². The lowest BCUT2D eigenvalue weighted by Crippen LogP contribution is -2.58. The maximum Gasteiger partial charge on any atom is 0.226 e. The van der Waals surface area contributed by atoms with Gasteiger partial charge in [0.1, 0.15) is 0 Å². The van der Waals surface area contributed by atoms with E-state index in [2.05, 4.69) is 50.4 Å². The van der Waals surface area contributed by atoms with Gasteiger partial charge in [-0.2, -0.15) is 0 Å². The van der Waals surface area contributed by atoms with Gasteiger partial charge in [0.15, 0.2) is 0 Å². The number of nitrogens with one attached hydrogen (secondary N) is 1. The van der Waals surface area contributed by atoms with E-state index in [0.29, 0.717) is 12.5 Å². The first-order chi connectivity index (χ1) is 13.5. The lowest BCUT2D eigenvalue weighted by Gasteiger charge is -2.59. The van der Waals surface area contributed by atoms with Crippen LogP contribution in [0.3, 0.4) is 0 Å². The summed E-state index contributed by atoms with van der Waals surface area (Å²) in [6.45, 7) is 5.19. The van der Waals surface area contributed by atoms with Crippen LogP contribution < -0.4 is 5.32 Å². The summed E-state index contributed by atoms with van der Waals surface area (Å²) in [6, 6.07) is 8.56. The number of alkyl halides is 1. The number of carbonyl (C=O) groups is 1. The van der Waals surface area contributed by atoms with E-state index in [1.165, 1.54) is 30.4 Å². The molecule has 0 spiro atoms. The van der Waals surface area contributed by atoms with Gasteiger partial charge >= 0.3 is 0 Å². The SMILES string of the molecule is O=C(NCc1ccccc1CN1CCOCC1)C12CC3CC(CC(Br)(C3)C1)C2. The molecule has 2 atom stereocenters. The molecule has 4 nitrogen and oxygen atoms in total. The maximum absolute atomic E-state index is 13.4. The number of halogens is 1. The molecule has 1 N–H and O–H groups in total. The van der Waals surface area contributed by atoms with Gasteiger partial charge in [-0.05, 0) is 61.5 Å². The van der Waals surface area contributed by atoms with Crippen molar-refractivity contribution in [2.45, 2.75) is 55.9 Å². The molecule has 4 saturated carbocycles. The Kier molecular flexibility index (Phi) is 5.05. The average molecular weight is 447 g/mol. The monoisotopic (exact) mass is 446 g/mol. The number of carbonyl (C=O) groups excluding carboxylic acids is 1. The van der Waals surface area contributed by atoms with Crippen LogP contribution in [0, 0.1) is 17.3 Å². The molecule has 1 amide bonds. The van der Waals surface area contributed by atoms with Gasteiger partial charge in [0.05, 0.1) is 18.6 Å². The molecule has 152 valence electrons. The molecule has 4 bridgehead atoms. The maximum atomic E-state index is 13.4. The van der Waals surface area contributed by atoms with Crippen molar-refractivity contribution in [3.8, 4) is 0 Å². The van der Waals surface area contributed by atoms with E-state index in [4.69, 9.17) is 4.74 Å². The Labute approximate surface area is 176 Å². The summed E-state index contributed by atoms with van der Waals surface area (Å²) < 4.78 is 5.69. The smallest absolute Gasteiger partial charge is 0.226 e. The molecule has 0 radical (unpaired) electrons. The summed E-state index contributed by atoms with van der Waals surface area (Å²) in [4.78, 5) is 15.8. The molecule has 5 aliphatic rings. The van der Waals surface area contributed by atoms with Crippen LogP contribution in [0.5, 0.6) is 0 Å². The second-order valence-corrected chi connectivity index (χ2v) is 11.4. The van der Waals surface area contributed by atoms with E-state index in [1.807, 2.05) is 0 Å². The topological polar surface area (TPSA) is 41.6 Å². The standard InChI is InChI=1S/C23H31BrN2O2/c24-23-12-17-9-18(13-23)11-22(10-17,16-23)21(27)25-14-19-3-1-2-4-20(19)15-26-5-7-28-8-6-26/h1-4,17-18H,5-16H2,(H,25,27). The minimum absolute atomic E-state index is 0.132. The predicted molar refractivity (Wildman–Crippen MR) is 113 cm³/mol. The van der Waals surface area contributed by atoms with Gasteiger partial charge in [-0.3, -0.25) is 9.69 Å². The Morgan fingerprint density at radius 3 is 2.46 bits per heavy atom. The van der Waals surface area contributed by atoms with Crippen molar-refractivity contribution in [2.24, 2.45) is 17.3 Å². The van der Waals surface area contributed by atoms with E-state index in [9.17, 15) is 4.79 Å². The largest absolute Gasteiger partial charge is 0.379 e. The number of amides is 1. The highest BCUT2D eigenvalue weighted by atomic mass is 79.9. The zero-order chi connectivity index (χ0) is 19.2. The van der Waals surface area contributed by atoms with Crippen molar-refractivity contribution in [1.29, 1.82) is 0 Å². The molecule has 6 rings (SSSR count). The second-order valence-electron chi connectivity index (χ2n) is 9.73. The molecule has 0 aromatic heterocycles. The van der Waals surface area contributed by atoms with Gasteiger partial charge in [0.25, 0.3) is 0 Å². The highest BCUT2D eigenvalue weighted by molar-refractivity contribution is 9.10. The first kappa shape index (κ1) is 19.1. The van der Waals surface area contributed by atoms with Crippen LogP contribution in [0.15, 0.2) is 24.3 Å². The molecule has 2 unspecified atom stereocenters. The van der Waals surface area contributed by atoms with E-state index >= 15 is 0 Å². The fourth-order valence-electron chi connectivity index (χ4n) is 6.66. The number of rotatable bonds is 5. The van der Waals surface area contributed by atoms with E-state index in [0.717, 1.165) is 63.9 Å². The van der Waals surface area contributed by atoms with Crippen LogP contribution in [0.25, 0.3) is 0 Å². The molecule has 1 heterocycles. The summed E-state index contributed by atoms with van der Waals surface area (Å²) in [6.07, 6.45) is 7.08. The summed E-state index contributed by atoms with van der Waals surface area (Å²) in [7, 11) is 0. The number of morpholine rings is 1. The lowest BCUT2D eigenvalue weighted by atomic mass is 9.49. The number of benzene rings is 1. The number of hydrogen-bond acceptors (Lipinski definition) is 3. The molecule has 5 fully saturated rings. The number of nitrogens with zero attached hydrogens (tertiary/aromatic N) is 1. The van der Waals surface area contributed by atoms with Crippen molar-refractivity contribution in [3.63, 3.8) is 0 Å². The lowest BCUT2D eigenvalue weighted by molar-refractivity contribution is -0.144. The zero-order valence-corrected chi connectivity index (χ0v) is 18.2. The molecule has 1 saturated heterocycles. The van der Waals surface area contributed by atoms with Gasteiger partial charge in [-0.25, -0.2) is 0 Å². The first-order valence-corrected chi connectivity index (χ1v) is 11.7. The third-order valence-electron chi connectivity index (χ3n) is 7.53. The minimum Gasteiger partial charge on any atom is -0.379 e. The molecular weight excluding hydrogens is 416 g/mol. The first-order valence-electron chi connectivity index (χ1n) is 10.9. The van der Waals surface area contributed by atoms with Gasteiger partial charge in [-0.15, -0.1) is 0 Å². The van der Waals surface area contributed by atoms with Crippen molar-refractivity contribution in [2.75, 3.05) is 26.3 Å². The minimum atomic E-state index is -0.132. The molecule has 5 heteroatoms. The number of hydrogen-bond donors (Lipinski definition) is 1. The Hall–Kier alpha value is -0.910. The Morgan fingerprint density at radius 1 is 1.11 bits per heavy atom. The third-order valence-corrected chi connectivity index (χ3v) is 8.45. The van der Waals surface area contributed by atoms with Crippen LogP contribution in [-0.2, 0) is 22.6 Å². The Balaban J connectivity index is 1.26. The van der Waals surface area contributed by atoms with Gasteiger partial charge in [0, 0.05) is 30.5 Å². The molecular formula is C23H31BrN2O2. The molecule has 1 aromatic carbocycles. The fourth-order valence-corrected chi connectivity index (χ4v) is 8.12. The summed E-state index contributed by atoms with van der Waals surface area (Å²) in [5.41, 5.74) is 2.44. The van der Waals surface area contributed by atoms with Crippen LogP contribution >= 0.6 is 15.9 Å². The Morgan fingerprint density at radius 2 is 1.79 bits per heavy atom. The fraction of sp³-hybridized carbons (Fsp3) is 0.696. The van der Waals surface area contributed by atoms with Crippen molar-refractivity contribution < 1.29 is 9.53 Å². The van der Waals surface area contributed by atoms with Crippen molar-refractivity contribution in [3.05, 3.63) is 35.4 Å². The summed E-state index contributed by atoms with van der Waals surface area (Å²) in [5, 5.41) is 3.35. The van der Waals surface area contributed by atoms with Crippen molar-refractivity contribution in [1.82, 2.24) is 10.2 Å².